The molecule has 7 heteroatoms. The van der Waals surface area contributed by atoms with Crippen LogP contribution in [0.1, 0.15) is 17.3 Å². The van der Waals surface area contributed by atoms with Crippen molar-refractivity contribution in [2.75, 3.05) is 26.2 Å². The van der Waals surface area contributed by atoms with Crippen molar-refractivity contribution in [2.45, 2.75) is 13.0 Å². The summed E-state index contributed by atoms with van der Waals surface area (Å²) in [5.74, 6) is -0.104. The van der Waals surface area contributed by atoms with Crippen LogP contribution in [0.3, 0.4) is 0 Å². The van der Waals surface area contributed by atoms with Gasteiger partial charge in [0.15, 0.2) is 0 Å². The van der Waals surface area contributed by atoms with Gasteiger partial charge in [0.2, 0.25) is 0 Å². The summed E-state index contributed by atoms with van der Waals surface area (Å²) in [7, 11) is 0. The van der Waals surface area contributed by atoms with Gasteiger partial charge in [0.25, 0.3) is 5.91 Å². The van der Waals surface area contributed by atoms with E-state index in [9.17, 15) is 9.90 Å². The SMILES string of the molecule is CC(C(N)=S)N1CCN(C(=O)c2cc(I)ccc2O)CC1. The minimum Gasteiger partial charge on any atom is -0.507 e. The molecule has 1 heterocycles. The van der Waals surface area contributed by atoms with Gasteiger partial charge in [-0.25, -0.2) is 0 Å². The van der Waals surface area contributed by atoms with Gasteiger partial charge in [-0.2, -0.15) is 0 Å². The Morgan fingerprint density at radius 3 is 2.57 bits per heavy atom. The highest BCUT2D eigenvalue weighted by Crippen LogP contribution is 2.22. The second kappa shape index (κ2) is 6.89. The Labute approximate surface area is 143 Å². The summed E-state index contributed by atoms with van der Waals surface area (Å²) in [5.41, 5.74) is 6.02. The molecule has 0 radical (unpaired) electrons. The summed E-state index contributed by atoms with van der Waals surface area (Å²) >= 11 is 7.14. The summed E-state index contributed by atoms with van der Waals surface area (Å²) in [6.45, 7) is 4.66. The third-order valence-corrected chi connectivity index (χ3v) is 4.76. The van der Waals surface area contributed by atoms with Crippen LogP contribution < -0.4 is 5.73 Å². The molecule has 0 bridgehead atoms. The van der Waals surface area contributed by atoms with Crippen molar-refractivity contribution in [2.24, 2.45) is 5.73 Å². The van der Waals surface area contributed by atoms with Gasteiger partial charge in [-0.15, -0.1) is 0 Å². The number of thiocarbonyl (C=S) groups is 1. The Balaban J connectivity index is 2.03. The normalized spacial score (nSPS) is 17.5. The first-order valence-electron chi connectivity index (χ1n) is 6.71. The third kappa shape index (κ3) is 3.83. The fraction of sp³-hybridized carbons (Fsp3) is 0.429. The molecule has 5 nitrogen and oxygen atoms in total. The lowest BCUT2D eigenvalue weighted by Gasteiger charge is -2.37. The monoisotopic (exact) mass is 419 g/mol. The van der Waals surface area contributed by atoms with Crippen LogP contribution in [0, 0.1) is 3.57 Å². The number of halogens is 1. The van der Waals surface area contributed by atoms with Crippen molar-refractivity contribution in [1.29, 1.82) is 0 Å². The van der Waals surface area contributed by atoms with Gasteiger partial charge in [0.05, 0.1) is 16.6 Å². The molecule has 21 heavy (non-hydrogen) atoms. The quantitative estimate of drug-likeness (QED) is 0.573. The molecule has 1 aromatic rings. The Bertz CT molecular complexity index is 559. The van der Waals surface area contributed by atoms with Gasteiger partial charge in [-0.05, 0) is 47.7 Å². The molecule has 2 rings (SSSR count). The second-order valence-corrected chi connectivity index (χ2v) is 6.79. The van der Waals surface area contributed by atoms with Crippen LogP contribution in [0.15, 0.2) is 18.2 Å². The third-order valence-electron chi connectivity index (χ3n) is 3.75. The van der Waals surface area contributed by atoms with Crippen molar-refractivity contribution < 1.29 is 9.90 Å². The predicted molar refractivity (Wildman–Crippen MR) is 94.5 cm³/mol. The van der Waals surface area contributed by atoms with Crippen LogP contribution in [0.25, 0.3) is 0 Å². The zero-order chi connectivity index (χ0) is 15.6. The second-order valence-electron chi connectivity index (χ2n) is 5.07. The van der Waals surface area contributed by atoms with Crippen LogP contribution in [0.4, 0.5) is 0 Å². The first kappa shape index (κ1) is 16.4. The van der Waals surface area contributed by atoms with Gasteiger partial charge in [0.1, 0.15) is 5.75 Å². The molecule has 1 aliphatic rings. The molecule has 0 spiro atoms. The fourth-order valence-electron chi connectivity index (χ4n) is 2.34. The highest BCUT2D eigenvalue weighted by Gasteiger charge is 2.26. The molecule has 1 atom stereocenters. The number of carbonyl (C=O) groups is 1. The first-order valence-corrected chi connectivity index (χ1v) is 8.20. The lowest BCUT2D eigenvalue weighted by Crippen LogP contribution is -2.53. The number of rotatable bonds is 3. The van der Waals surface area contributed by atoms with E-state index >= 15 is 0 Å². The smallest absolute Gasteiger partial charge is 0.257 e. The standard InChI is InChI=1S/C14H18IN3O2S/c1-9(13(16)21)17-4-6-18(7-5-17)14(20)11-8-10(15)2-3-12(11)19/h2-3,8-9,19H,4-7H2,1H3,(H2,16,21). The maximum Gasteiger partial charge on any atom is 0.257 e. The largest absolute Gasteiger partial charge is 0.507 e. The molecule has 1 unspecified atom stereocenters. The van der Waals surface area contributed by atoms with E-state index in [0.717, 1.165) is 16.7 Å². The highest BCUT2D eigenvalue weighted by molar-refractivity contribution is 14.1. The van der Waals surface area contributed by atoms with Gasteiger partial charge in [0, 0.05) is 29.7 Å². The number of nitrogens with zero attached hydrogens (tertiary/aromatic N) is 2. The molecule has 0 saturated carbocycles. The maximum atomic E-state index is 12.5. The van der Waals surface area contributed by atoms with Gasteiger partial charge in [-0.1, -0.05) is 12.2 Å². The van der Waals surface area contributed by atoms with Gasteiger partial charge < -0.3 is 15.7 Å². The molecule has 3 N–H and O–H groups in total. The summed E-state index contributed by atoms with van der Waals surface area (Å²) in [4.78, 5) is 16.9. The molecular formula is C14H18IN3O2S. The average Bonchev–Trinajstić information content (AvgIpc) is 2.48. The summed E-state index contributed by atoms with van der Waals surface area (Å²) in [6, 6.07) is 5.08. The summed E-state index contributed by atoms with van der Waals surface area (Å²) < 4.78 is 0.925. The molecule has 1 amide bonds. The minimum absolute atomic E-state index is 0.0272. The average molecular weight is 419 g/mol. The van der Waals surface area contributed by atoms with E-state index in [2.05, 4.69) is 27.5 Å². The number of benzene rings is 1. The van der Waals surface area contributed by atoms with E-state index in [0.29, 0.717) is 23.6 Å². The number of piperazine rings is 1. The zero-order valence-electron chi connectivity index (χ0n) is 11.8. The molecule has 1 saturated heterocycles. The number of hydrogen-bond donors (Lipinski definition) is 2. The first-order chi connectivity index (χ1) is 9.90. The molecule has 0 aromatic heterocycles. The number of amides is 1. The van der Waals surface area contributed by atoms with Crippen LogP contribution >= 0.6 is 34.8 Å². The molecule has 0 aliphatic carbocycles. The number of phenols is 1. The lowest BCUT2D eigenvalue weighted by atomic mass is 10.1. The van der Waals surface area contributed by atoms with E-state index in [1.807, 2.05) is 6.92 Å². The van der Waals surface area contributed by atoms with Crippen LogP contribution in [0.2, 0.25) is 0 Å². The van der Waals surface area contributed by atoms with Crippen molar-refractivity contribution in [3.63, 3.8) is 0 Å². The van der Waals surface area contributed by atoms with Crippen molar-refractivity contribution in [1.82, 2.24) is 9.80 Å². The van der Waals surface area contributed by atoms with Crippen molar-refractivity contribution in [3.05, 3.63) is 27.3 Å². The van der Waals surface area contributed by atoms with Gasteiger partial charge in [-0.3, -0.25) is 9.69 Å². The Hall–Kier alpha value is -0.930. The molecule has 1 aliphatic heterocycles. The molecule has 1 fully saturated rings. The van der Waals surface area contributed by atoms with E-state index in [4.69, 9.17) is 18.0 Å². The van der Waals surface area contributed by atoms with Crippen LogP contribution in [0.5, 0.6) is 5.75 Å². The van der Waals surface area contributed by atoms with E-state index in [1.165, 1.54) is 0 Å². The van der Waals surface area contributed by atoms with E-state index in [-0.39, 0.29) is 17.7 Å². The van der Waals surface area contributed by atoms with Crippen LogP contribution in [-0.4, -0.2) is 58.0 Å². The fourth-order valence-corrected chi connectivity index (χ4v) is 2.98. The highest BCUT2D eigenvalue weighted by atomic mass is 127. The number of nitrogens with two attached hydrogens (primary N) is 1. The summed E-state index contributed by atoms with van der Waals surface area (Å²) in [5, 5.41) is 9.85. The zero-order valence-corrected chi connectivity index (χ0v) is 14.7. The summed E-state index contributed by atoms with van der Waals surface area (Å²) in [6.07, 6.45) is 0. The lowest BCUT2D eigenvalue weighted by molar-refractivity contribution is 0.0619. The van der Waals surface area contributed by atoms with Crippen LogP contribution in [-0.2, 0) is 0 Å². The number of phenolic OH excluding ortho intramolecular Hbond substituents is 1. The van der Waals surface area contributed by atoms with E-state index < -0.39 is 0 Å². The minimum atomic E-state index is -0.131. The predicted octanol–water partition coefficient (Wildman–Crippen LogP) is 1.43. The molecule has 114 valence electrons. The Morgan fingerprint density at radius 1 is 1.38 bits per heavy atom. The van der Waals surface area contributed by atoms with Crippen molar-refractivity contribution >= 4 is 45.7 Å². The maximum absolute atomic E-state index is 12.5. The number of aromatic hydroxyl groups is 1. The Kier molecular flexibility index (Phi) is 5.39. The molecular weight excluding hydrogens is 401 g/mol. The number of hydrogen-bond acceptors (Lipinski definition) is 4. The topological polar surface area (TPSA) is 69.8 Å². The number of carbonyl (C=O) groups excluding carboxylic acids is 1. The van der Waals surface area contributed by atoms with E-state index in [1.54, 1.807) is 23.1 Å². The Morgan fingerprint density at radius 2 is 2.00 bits per heavy atom. The van der Waals surface area contributed by atoms with Crippen molar-refractivity contribution in [3.8, 4) is 5.75 Å². The van der Waals surface area contributed by atoms with Gasteiger partial charge >= 0.3 is 0 Å². The molecule has 1 aromatic carbocycles.